The Kier molecular flexibility index (Phi) is 4.50. The minimum atomic E-state index is -0.0440. The van der Waals surface area contributed by atoms with Gasteiger partial charge in [-0.05, 0) is 30.8 Å². The van der Waals surface area contributed by atoms with Gasteiger partial charge in [-0.2, -0.15) is 5.10 Å². The van der Waals surface area contributed by atoms with Crippen LogP contribution in [0.4, 0.5) is 0 Å². The minimum Gasteiger partial charge on any atom is -0.493 e. The van der Waals surface area contributed by atoms with E-state index in [1.807, 2.05) is 32.3 Å². The Balaban J connectivity index is 2.52. The van der Waals surface area contributed by atoms with E-state index in [2.05, 4.69) is 26.3 Å². The molecule has 0 aliphatic rings. The summed E-state index contributed by atoms with van der Waals surface area (Å²) in [6.45, 7) is 0. The number of hydrogen-bond acceptors (Lipinski definition) is 3. The third kappa shape index (κ3) is 2.94. The third-order valence-corrected chi connectivity index (χ3v) is 3.63. The first kappa shape index (κ1) is 14.4. The summed E-state index contributed by atoms with van der Waals surface area (Å²) in [7, 11) is 5.43. The van der Waals surface area contributed by atoms with Crippen LogP contribution in [0.1, 0.15) is 17.3 Å². The molecule has 1 heterocycles. The smallest absolute Gasteiger partial charge is 0.161 e. The number of nitrogens with one attached hydrogen (secondary N) is 1. The molecule has 2 rings (SSSR count). The molecule has 1 atom stereocenters. The van der Waals surface area contributed by atoms with E-state index in [1.54, 1.807) is 18.0 Å². The molecule has 1 N–H and O–H groups in total. The van der Waals surface area contributed by atoms with Crippen LogP contribution >= 0.6 is 27.5 Å². The number of halogens is 2. The first-order chi connectivity index (χ1) is 9.06. The lowest BCUT2D eigenvalue weighted by Crippen LogP contribution is -2.21. The van der Waals surface area contributed by atoms with Gasteiger partial charge >= 0.3 is 0 Å². The maximum absolute atomic E-state index is 6.11. The fourth-order valence-electron chi connectivity index (χ4n) is 2.12. The summed E-state index contributed by atoms with van der Waals surface area (Å²) in [6.07, 6.45) is 1.71. The molecule has 0 aliphatic heterocycles. The molecule has 0 bridgehead atoms. The molecule has 0 saturated heterocycles. The van der Waals surface area contributed by atoms with Crippen LogP contribution < -0.4 is 10.1 Å². The van der Waals surface area contributed by atoms with E-state index in [1.165, 1.54) is 0 Å². The van der Waals surface area contributed by atoms with Crippen molar-refractivity contribution in [3.8, 4) is 5.75 Å². The van der Waals surface area contributed by atoms with Crippen molar-refractivity contribution in [1.82, 2.24) is 15.1 Å². The van der Waals surface area contributed by atoms with Crippen LogP contribution in [0.5, 0.6) is 5.75 Å². The van der Waals surface area contributed by atoms with Crippen LogP contribution in [0, 0.1) is 0 Å². The molecule has 1 aromatic carbocycles. The van der Waals surface area contributed by atoms with Crippen LogP contribution in [-0.2, 0) is 7.05 Å². The molecule has 0 saturated carbocycles. The number of nitrogens with zero attached hydrogens (tertiary/aromatic N) is 2. The van der Waals surface area contributed by atoms with Gasteiger partial charge in [0.05, 0.1) is 19.3 Å². The first-order valence-corrected chi connectivity index (χ1v) is 6.93. The second kappa shape index (κ2) is 5.94. The average molecular weight is 345 g/mol. The van der Waals surface area contributed by atoms with Crippen molar-refractivity contribution in [2.45, 2.75) is 6.04 Å². The highest BCUT2D eigenvalue weighted by Crippen LogP contribution is 2.32. The highest BCUT2D eigenvalue weighted by atomic mass is 79.9. The van der Waals surface area contributed by atoms with Crippen molar-refractivity contribution in [3.05, 3.63) is 45.1 Å². The number of rotatable bonds is 4. The second-order valence-corrected chi connectivity index (χ2v) is 5.50. The standard InChI is InChI=1S/C13H15BrClN3O/c1-16-12(8-4-9(14)6-10(15)5-8)13-11(19-3)7-17-18(13)2/h4-7,12,16H,1-3H3. The van der Waals surface area contributed by atoms with Crippen molar-refractivity contribution in [1.29, 1.82) is 0 Å². The van der Waals surface area contributed by atoms with E-state index in [9.17, 15) is 0 Å². The number of benzene rings is 1. The normalized spacial score (nSPS) is 12.5. The molecule has 0 radical (unpaired) electrons. The van der Waals surface area contributed by atoms with E-state index in [4.69, 9.17) is 16.3 Å². The summed E-state index contributed by atoms with van der Waals surface area (Å²) >= 11 is 9.58. The van der Waals surface area contributed by atoms with Gasteiger partial charge < -0.3 is 10.1 Å². The predicted molar refractivity (Wildman–Crippen MR) is 79.8 cm³/mol. The molecule has 1 unspecified atom stereocenters. The maximum Gasteiger partial charge on any atom is 0.161 e. The van der Waals surface area contributed by atoms with Gasteiger partial charge in [-0.1, -0.05) is 27.5 Å². The van der Waals surface area contributed by atoms with Gasteiger partial charge in [0, 0.05) is 16.5 Å². The molecule has 6 heteroatoms. The maximum atomic E-state index is 6.11. The zero-order valence-electron chi connectivity index (χ0n) is 10.9. The van der Waals surface area contributed by atoms with Gasteiger partial charge in [0.25, 0.3) is 0 Å². The van der Waals surface area contributed by atoms with Crippen LogP contribution in [0.3, 0.4) is 0 Å². The van der Waals surface area contributed by atoms with E-state index < -0.39 is 0 Å². The molecule has 0 aliphatic carbocycles. The Bertz CT molecular complexity index is 565. The van der Waals surface area contributed by atoms with E-state index in [0.717, 1.165) is 21.5 Å². The fourth-order valence-corrected chi connectivity index (χ4v) is 3.00. The topological polar surface area (TPSA) is 39.1 Å². The van der Waals surface area contributed by atoms with Crippen LogP contribution in [0.15, 0.2) is 28.9 Å². The summed E-state index contributed by atoms with van der Waals surface area (Å²) in [5.41, 5.74) is 2.00. The fraction of sp³-hybridized carbons (Fsp3) is 0.308. The summed E-state index contributed by atoms with van der Waals surface area (Å²) in [4.78, 5) is 0. The molecule has 2 aromatic rings. The van der Waals surface area contributed by atoms with E-state index in [0.29, 0.717) is 5.02 Å². The SMILES string of the molecule is CNC(c1cc(Cl)cc(Br)c1)c1c(OC)cnn1C. The van der Waals surface area contributed by atoms with Crippen molar-refractivity contribution in [3.63, 3.8) is 0 Å². The number of ether oxygens (including phenoxy) is 1. The van der Waals surface area contributed by atoms with E-state index in [-0.39, 0.29) is 6.04 Å². The Hall–Kier alpha value is -1.04. The molecule has 0 fully saturated rings. The number of aryl methyl sites for hydroxylation is 1. The van der Waals surface area contributed by atoms with Gasteiger partial charge in [-0.3, -0.25) is 4.68 Å². The quantitative estimate of drug-likeness (QED) is 0.926. The van der Waals surface area contributed by atoms with Crippen LogP contribution in [-0.4, -0.2) is 23.9 Å². The summed E-state index contributed by atoms with van der Waals surface area (Å²) in [6, 6.07) is 5.77. The molecule has 4 nitrogen and oxygen atoms in total. The Morgan fingerprint density at radius 2 is 2.16 bits per heavy atom. The molecule has 19 heavy (non-hydrogen) atoms. The highest BCUT2D eigenvalue weighted by Gasteiger charge is 2.21. The zero-order valence-corrected chi connectivity index (χ0v) is 13.3. The Labute approximate surface area is 125 Å². The average Bonchev–Trinajstić information content (AvgIpc) is 2.71. The Morgan fingerprint density at radius 3 is 2.74 bits per heavy atom. The second-order valence-electron chi connectivity index (χ2n) is 4.15. The number of aromatic nitrogens is 2. The minimum absolute atomic E-state index is 0.0440. The number of hydrogen-bond donors (Lipinski definition) is 1. The summed E-state index contributed by atoms with van der Waals surface area (Å²) in [5.74, 6) is 0.748. The monoisotopic (exact) mass is 343 g/mol. The van der Waals surface area contributed by atoms with Gasteiger partial charge in [0.1, 0.15) is 5.69 Å². The molecule has 1 aromatic heterocycles. The predicted octanol–water partition coefficient (Wildman–Crippen LogP) is 3.15. The molecule has 0 spiro atoms. The highest BCUT2D eigenvalue weighted by molar-refractivity contribution is 9.10. The summed E-state index contributed by atoms with van der Waals surface area (Å²) < 4.78 is 8.10. The summed E-state index contributed by atoms with van der Waals surface area (Å²) in [5, 5.41) is 8.19. The van der Waals surface area contributed by atoms with Gasteiger partial charge in [0.2, 0.25) is 0 Å². The Morgan fingerprint density at radius 1 is 1.42 bits per heavy atom. The van der Waals surface area contributed by atoms with Crippen molar-refractivity contribution >= 4 is 27.5 Å². The van der Waals surface area contributed by atoms with Crippen molar-refractivity contribution < 1.29 is 4.74 Å². The molecule has 0 amide bonds. The first-order valence-electron chi connectivity index (χ1n) is 5.76. The lowest BCUT2D eigenvalue weighted by Gasteiger charge is -2.19. The molecule has 102 valence electrons. The van der Waals surface area contributed by atoms with E-state index >= 15 is 0 Å². The van der Waals surface area contributed by atoms with Crippen molar-refractivity contribution in [2.24, 2.45) is 7.05 Å². The number of methoxy groups -OCH3 is 1. The van der Waals surface area contributed by atoms with Crippen LogP contribution in [0.25, 0.3) is 0 Å². The third-order valence-electron chi connectivity index (χ3n) is 2.95. The largest absolute Gasteiger partial charge is 0.493 e. The molecular formula is C13H15BrClN3O. The van der Waals surface area contributed by atoms with Crippen molar-refractivity contribution in [2.75, 3.05) is 14.2 Å². The lowest BCUT2D eigenvalue weighted by atomic mass is 10.0. The van der Waals surface area contributed by atoms with Crippen LogP contribution in [0.2, 0.25) is 5.02 Å². The lowest BCUT2D eigenvalue weighted by molar-refractivity contribution is 0.402. The molecular weight excluding hydrogens is 330 g/mol. The van der Waals surface area contributed by atoms with Gasteiger partial charge in [-0.25, -0.2) is 0 Å². The van der Waals surface area contributed by atoms with Gasteiger partial charge in [0.15, 0.2) is 5.75 Å². The zero-order chi connectivity index (χ0) is 14.0. The van der Waals surface area contributed by atoms with Gasteiger partial charge in [-0.15, -0.1) is 0 Å².